The Hall–Kier alpha value is -1.96. The zero-order valence-electron chi connectivity index (χ0n) is 11.0. The number of carbonyl (C=O) groups is 1. The molecule has 2 heteroatoms. The van der Waals surface area contributed by atoms with Gasteiger partial charge in [-0.15, -0.1) is 0 Å². The minimum absolute atomic E-state index is 0.0816. The molecule has 1 heterocycles. The van der Waals surface area contributed by atoms with Crippen LogP contribution in [0.3, 0.4) is 0 Å². The molecule has 18 heavy (non-hydrogen) atoms. The van der Waals surface area contributed by atoms with E-state index in [2.05, 4.69) is 23.2 Å². The Bertz CT molecular complexity index is 567. The number of aryl methyl sites for hydroxylation is 3. The van der Waals surface area contributed by atoms with Crippen molar-refractivity contribution >= 4 is 5.78 Å². The molecule has 0 bridgehead atoms. The minimum atomic E-state index is 0.0816. The van der Waals surface area contributed by atoms with Gasteiger partial charge in [-0.3, -0.25) is 9.78 Å². The summed E-state index contributed by atoms with van der Waals surface area (Å²) in [7, 11) is 0. The summed E-state index contributed by atoms with van der Waals surface area (Å²) >= 11 is 0. The summed E-state index contributed by atoms with van der Waals surface area (Å²) in [5.74, 6) is 0.0816. The first-order valence-electron chi connectivity index (χ1n) is 6.08. The SMILES string of the molecule is Cc1cc(C)cc(CC(=O)c2ncccc2C)c1. The maximum Gasteiger partial charge on any atom is 0.185 e. The number of pyridine rings is 1. The molecule has 0 aliphatic rings. The van der Waals surface area contributed by atoms with E-state index in [1.807, 2.05) is 32.9 Å². The van der Waals surface area contributed by atoms with Crippen LogP contribution in [0.4, 0.5) is 0 Å². The number of nitrogens with zero attached hydrogens (tertiary/aromatic N) is 1. The van der Waals surface area contributed by atoms with Gasteiger partial charge in [-0.25, -0.2) is 0 Å². The molecule has 0 N–H and O–H groups in total. The molecular formula is C16H17NO. The van der Waals surface area contributed by atoms with Gasteiger partial charge in [0.1, 0.15) is 5.69 Å². The second-order valence-electron chi connectivity index (χ2n) is 4.76. The summed E-state index contributed by atoms with van der Waals surface area (Å²) in [5.41, 5.74) is 4.96. The molecule has 0 spiro atoms. The highest BCUT2D eigenvalue weighted by Crippen LogP contribution is 2.13. The van der Waals surface area contributed by atoms with Crippen molar-refractivity contribution in [1.29, 1.82) is 0 Å². The second-order valence-corrected chi connectivity index (χ2v) is 4.76. The Kier molecular flexibility index (Phi) is 3.56. The van der Waals surface area contributed by atoms with Crippen LogP contribution in [-0.2, 0) is 6.42 Å². The number of hydrogen-bond acceptors (Lipinski definition) is 2. The second kappa shape index (κ2) is 5.13. The molecule has 0 fully saturated rings. The fraction of sp³-hybridized carbons (Fsp3) is 0.250. The number of benzene rings is 1. The highest BCUT2D eigenvalue weighted by atomic mass is 16.1. The van der Waals surface area contributed by atoms with Gasteiger partial charge in [0.15, 0.2) is 5.78 Å². The molecule has 0 saturated carbocycles. The molecule has 2 nitrogen and oxygen atoms in total. The molecule has 0 saturated heterocycles. The van der Waals surface area contributed by atoms with E-state index >= 15 is 0 Å². The zero-order chi connectivity index (χ0) is 13.1. The topological polar surface area (TPSA) is 30.0 Å². The summed E-state index contributed by atoms with van der Waals surface area (Å²) in [5, 5.41) is 0. The van der Waals surface area contributed by atoms with Crippen molar-refractivity contribution in [3.63, 3.8) is 0 Å². The highest BCUT2D eigenvalue weighted by Gasteiger charge is 2.11. The highest BCUT2D eigenvalue weighted by molar-refractivity contribution is 5.96. The lowest BCUT2D eigenvalue weighted by Crippen LogP contribution is -2.08. The number of Topliss-reactive ketones (excluding diaryl/α,β-unsaturated/α-hetero) is 1. The van der Waals surface area contributed by atoms with Crippen molar-refractivity contribution in [1.82, 2.24) is 4.98 Å². The Morgan fingerprint density at radius 3 is 2.39 bits per heavy atom. The van der Waals surface area contributed by atoms with Crippen LogP contribution in [-0.4, -0.2) is 10.8 Å². The summed E-state index contributed by atoms with van der Waals surface area (Å²) in [6.45, 7) is 6.02. The maximum absolute atomic E-state index is 12.2. The molecule has 0 radical (unpaired) electrons. The summed E-state index contributed by atoms with van der Waals surface area (Å²) < 4.78 is 0. The molecular weight excluding hydrogens is 222 g/mol. The van der Waals surface area contributed by atoms with Gasteiger partial charge < -0.3 is 0 Å². The van der Waals surface area contributed by atoms with Crippen molar-refractivity contribution in [3.05, 3.63) is 64.5 Å². The largest absolute Gasteiger partial charge is 0.292 e. The van der Waals surface area contributed by atoms with E-state index in [1.54, 1.807) is 6.20 Å². The minimum Gasteiger partial charge on any atom is -0.292 e. The van der Waals surface area contributed by atoms with Crippen molar-refractivity contribution in [2.45, 2.75) is 27.2 Å². The lowest BCUT2D eigenvalue weighted by molar-refractivity contribution is 0.0987. The van der Waals surface area contributed by atoms with E-state index in [9.17, 15) is 4.79 Å². The first kappa shape index (κ1) is 12.5. The summed E-state index contributed by atoms with van der Waals surface area (Å²) in [4.78, 5) is 16.4. The number of ketones is 1. The quantitative estimate of drug-likeness (QED) is 0.768. The summed E-state index contributed by atoms with van der Waals surface area (Å²) in [6, 6.07) is 10.00. The van der Waals surface area contributed by atoms with Crippen LogP contribution in [0.15, 0.2) is 36.5 Å². The molecule has 0 unspecified atom stereocenters. The lowest BCUT2D eigenvalue weighted by atomic mass is 10.0. The Labute approximate surface area is 108 Å². The molecule has 0 atom stereocenters. The number of carbonyl (C=O) groups excluding carboxylic acids is 1. The van der Waals surface area contributed by atoms with Crippen LogP contribution in [0.2, 0.25) is 0 Å². The third-order valence-electron chi connectivity index (χ3n) is 2.92. The monoisotopic (exact) mass is 239 g/mol. The average Bonchev–Trinajstić information content (AvgIpc) is 2.27. The average molecular weight is 239 g/mol. The van der Waals surface area contributed by atoms with Gasteiger partial charge in [-0.1, -0.05) is 35.4 Å². The molecule has 2 aromatic rings. The van der Waals surface area contributed by atoms with Crippen molar-refractivity contribution < 1.29 is 4.79 Å². The first-order valence-corrected chi connectivity index (χ1v) is 6.08. The van der Waals surface area contributed by atoms with Crippen LogP contribution < -0.4 is 0 Å². The van der Waals surface area contributed by atoms with Gasteiger partial charge in [0.05, 0.1) is 0 Å². The van der Waals surface area contributed by atoms with Gasteiger partial charge in [0, 0.05) is 12.6 Å². The Morgan fingerprint density at radius 1 is 1.11 bits per heavy atom. The van der Waals surface area contributed by atoms with Gasteiger partial charge in [0.2, 0.25) is 0 Å². The van der Waals surface area contributed by atoms with Gasteiger partial charge in [-0.05, 0) is 38.0 Å². The molecule has 1 aromatic carbocycles. The molecule has 2 rings (SSSR count). The maximum atomic E-state index is 12.2. The Balaban J connectivity index is 2.24. The molecule has 0 amide bonds. The van der Waals surface area contributed by atoms with E-state index in [-0.39, 0.29) is 5.78 Å². The van der Waals surface area contributed by atoms with E-state index < -0.39 is 0 Å². The lowest BCUT2D eigenvalue weighted by Gasteiger charge is -2.06. The van der Waals surface area contributed by atoms with Crippen LogP contribution in [0.5, 0.6) is 0 Å². The fourth-order valence-corrected chi connectivity index (χ4v) is 2.22. The fourth-order valence-electron chi connectivity index (χ4n) is 2.22. The number of rotatable bonds is 3. The third-order valence-corrected chi connectivity index (χ3v) is 2.92. The molecule has 0 aliphatic carbocycles. The van der Waals surface area contributed by atoms with Gasteiger partial charge in [-0.2, -0.15) is 0 Å². The number of hydrogen-bond donors (Lipinski definition) is 0. The molecule has 1 aromatic heterocycles. The predicted molar refractivity (Wildman–Crippen MR) is 72.9 cm³/mol. The third kappa shape index (κ3) is 2.83. The summed E-state index contributed by atoms with van der Waals surface area (Å²) in [6.07, 6.45) is 2.09. The van der Waals surface area contributed by atoms with Crippen LogP contribution in [0.1, 0.15) is 32.7 Å². The number of aromatic nitrogens is 1. The van der Waals surface area contributed by atoms with E-state index in [0.717, 1.165) is 11.1 Å². The predicted octanol–water partition coefficient (Wildman–Crippen LogP) is 3.43. The van der Waals surface area contributed by atoms with Crippen molar-refractivity contribution in [2.75, 3.05) is 0 Å². The van der Waals surface area contributed by atoms with Crippen LogP contribution in [0, 0.1) is 20.8 Å². The normalized spacial score (nSPS) is 10.4. The Morgan fingerprint density at radius 2 is 1.78 bits per heavy atom. The van der Waals surface area contributed by atoms with E-state index in [4.69, 9.17) is 0 Å². The van der Waals surface area contributed by atoms with E-state index in [1.165, 1.54) is 11.1 Å². The zero-order valence-corrected chi connectivity index (χ0v) is 11.0. The van der Waals surface area contributed by atoms with E-state index in [0.29, 0.717) is 12.1 Å². The van der Waals surface area contributed by atoms with Crippen molar-refractivity contribution in [2.24, 2.45) is 0 Å². The van der Waals surface area contributed by atoms with Gasteiger partial charge >= 0.3 is 0 Å². The smallest absolute Gasteiger partial charge is 0.185 e. The molecule has 92 valence electrons. The van der Waals surface area contributed by atoms with Gasteiger partial charge in [0.25, 0.3) is 0 Å². The first-order chi connectivity index (χ1) is 8.56. The molecule has 0 aliphatic heterocycles. The standard InChI is InChI=1S/C16H17NO/c1-11-7-12(2)9-14(8-11)10-15(18)16-13(3)5-4-6-17-16/h4-9H,10H2,1-3H3. The van der Waals surface area contributed by atoms with Crippen LogP contribution >= 0.6 is 0 Å². The van der Waals surface area contributed by atoms with Crippen LogP contribution in [0.25, 0.3) is 0 Å². The van der Waals surface area contributed by atoms with Crippen molar-refractivity contribution in [3.8, 4) is 0 Å².